The number of likely N-dealkylation sites (tertiary alicyclic amines) is 1. The summed E-state index contributed by atoms with van der Waals surface area (Å²) in [6.07, 6.45) is 4.32. The van der Waals surface area contributed by atoms with Crippen LogP contribution < -0.4 is 5.32 Å². The van der Waals surface area contributed by atoms with Gasteiger partial charge in [-0.15, -0.1) is 0 Å². The molecule has 7 heteroatoms. The van der Waals surface area contributed by atoms with Gasteiger partial charge in [0.15, 0.2) is 9.84 Å². The van der Waals surface area contributed by atoms with E-state index < -0.39 is 9.84 Å². The summed E-state index contributed by atoms with van der Waals surface area (Å²) >= 11 is 0. The first kappa shape index (κ1) is 16.2. The Morgan fingerprint density at radius 2 is 2.00 bits per heavy atom. The minimum Gasteiger partial charge on any atom is -0.380 e. The number of aromatic nitrogens is 1. The molecule has 3 rings (SSSR count). The second-order valence-electron chi connectivity index (χ2n) is 6.65. The molecule has 23 heavy (non-hydrogen) atoms. The second-order valence-corrected chi connectivity index (χ2v) is 8.88. The lowest BCUT2D eigenvalue weighted by molar-refractivity contribution is 0.0691. The van der Waals surface area contributed by atoms with E-state index in [4.69, 9.17) is 0 Å². The van der Waals surface area contributed by atoms with E-state index >= 15 is 0 Å². The predicted octanol–water partition coefficient (Wildman–Crippen LogP) is 1.55. The molecule has 2 aliphatic heterocycles. The molecule has 1 N–H and O–H groups in total. The van der Waals surface area contributed by atoms with Gasteiger partial charge in [0.1, 0.15) is 5.69 Å². The molecule has 0 aliphatic carbocycles. The fourth-order valence-corrected chi connectivity index (χ4v) is 4.80. The van der Waals surface area contributed by atoms with Crippen molar-refractivity contribution in [1.29, 1.82) is 0 Å². The Hall–Kier alpha value is -1.63. The van der Waals surface area contributed by atoms with Crippen LogP contribution in [-0.2, 0) is 9.84 Å². The zero-order chi connectivity index (χ0) is 16.4. The van der Waals surface area contributed by atoms with Crippen LogP contribution in [0.2, 0.25) is 0 Å². The number of amides is 1. The van der Waals surface area contributed by atoms with E-state index in [1.165, 1.54) is 0 Å². The maximum absolute atomic E-state index is 12.4. The lowest BCUT2D eigenvalue weighted by Crippen LogP contribution is -2.38. The monoisotopic (exact) mass is 337 g/mol. The zero-order valence-corrected chi connectivity index (χ0v) is 14.2. The molecule has 126 valence electrons. The Bertz CT molecular complexity index is 664. The van der Waals surface area contributed by atoms with Crippen LogP contribution in [0.4, 0.5) is 5.69 Å². The van der Waals surface area contributed by atoms with Crippen molar-refractivity contribution in [1.82, 2.24) is 9.88 Å². The molecule has 1 aromatic rings. The fourth-order valence-electron chi connectivity index (χ4n) is 3.12. The molecule has 0 spiro atoms. The highest BCUT2D eigenvalue weighted by molar-refractivity contribution is 7.91. The average molecular weight is 337 g/mol. The Kier molecular flexibility index (Phi) is 4.57. The first-order chi connectivity index (χ1) is 10.9. The van der Waals surface area contributed by atoms with Gasteiger partial charge in [0.2, 0.25) is 0 Å². The van der Waals surface area contributed by atoms with Crippen LogP contribution in [-0.4, -0.2) is 54.8 Å². The summed E-state index contributed by atoms with van der Waals surface area (Å²) in [6.45, 7) is 3.80. The van der Waals surface area contributed by atoms with E-state index in [1.54, 1.807) is 18.3 Å². The highest BCUT2D eigenvalue weighted by Gasteiger charge is 2.28. The third kappa shape index (κ3) is 4.02. The SMILES string of the molecule is CC1CCN(C(=O)c2ccc(NC3CCS(=O)(=O)C3)cn2)CC1. The van der Waals surface area contributed by atoms with Crippen molar-refractivity contribution in [2.45, 2.75) is 32.2 Å². The molecular formula is C16H23N3O3S. The first-order valence-corrected chi connectivity index (χ1v) is 9.97. The normalized spacial score (nSPS) is 24.6. The molecule has 1 aromatic heterocycles. The number of rotatable bonds is 3. The van der Waals surface area contributed by atoms with Gasteiger partial charge in [0, 0.05) is 19.1 Å². The van der Waals surface area contributed by atoms with Gasteiger partial charge in [-0.05, 0) is 37.3 Å². The van der Waals surface area contributed by atoms with Crippen molar-refractivity contribution in [2.75, 3.05) is 29.9 Å². The molecule has 2 aliphatic rings. The average Bonchev–Trinajstić information content (AvgIpc) is 2.87. The van der Waals surface area contributed by atoms with Crippen molar-refractivity contribution in [2.24, 2.45) is 5.92 Å². The Morgan fingerprint density at radius 3 is 2.57 bits per heavy atom. The third-order valence-corrected chi connectivity index (χ3v) is 6.42. The van der Waals surface area contributed by atoms with Crippen LogP contribution in [0, 0.1) is 5.92 Å². The van der Waals surface area contributed by atoms with Crippen LogP contribution in [0.15, 0.2) is 18.3 Å². The summed E-state index contributed by atoms with van der Waals surface area (Å²) in [4.78, 5) is 18.5. The molecule has 0 saturated carbocycles. The van der Waals surface area contributed by atoms with Crippen molar-refractivity contribution in [3.8, 4) is 0 Å². The molecule has 2 fully saturated rings. The number of sulfone groups is 1. The lowest BCUT2D eigenvalue weighted by Gasteiger charge is -2.30. The number of hydrogen-bond acceptors (Lipinski definition) is 5. The number of nitrogens with one attached hydrogen (secondary N) is 1. The number of hydrogen-bond donors (Lipinski definition) is 1. The van der Waals surface area contributed by atoms with Crippen LogP contribution in [0.3, 0.4) is 0 Å². The van der Waals surface area contributed by atoms with Gasteiger partial charge in [-0.3, -0.25) is 4.79 Å². The summed E-state index contributed by atoms with van der Waals surface area (Å²) in [5, 5.41) is 3.18. The minimum absolute atomic E-state index is 0.0214. The largest absolute Gasteiger partial charge is 0.380 e. The van der Waals surface area contributed by atoms with Gasteiger partial charge in [0.25, 0.3) is 5.91 Å². The quantitative estimate of drug-likeness (QED) is 0.905. The van der Waals surface area contributed by atoms with Gasteiger partial charge < -0.3 is 10.2 Å². The number of pyridine rings is 1. The highest BCUT2D eigenvalue weighted by Crippen LogP contribution is 2.19. The van der Waals surface area contributed by atoms with Gasteiger partial charge in [-0.25, -0.2) is 13.4 Å². The smallest absolute Gasteiger partial charge is 0.272 e. The highest BCUT2D eigenvalue weighted by atomic mass is 32.2. The summed E-state index contributed by atoms with van der Waals surface area (Å²) < 4.78 is 22.9. The van der Waals surface area contributed by atoms with Crippen LogP contribution >= 0.6 is 0 Å². The standard InChI is InChI=1S/C16H23N3O3S/c1-12-4-7-19(8-5-12)16(20)15-3-2-13(10-17-15)18-14-6-9-23(21,22)11-14/h2-3,10,12,14,18H,4-9,11H2,1H3. The summed E-state index contributed by atoms with van der Waals surface area (Å²) in [5.41, 5.74) is 1.21. The van der Waals surface area contributed by atoms with Crippen LogP contribution in [0.1, 0.15) is 36.7 Å². The van der Waals surface area contributed by atoms with Crippen molar-refractivity contribution in [3.05, 3.63) is 24.0 Å². The first-order valence-electron chi connectivity index (χ1n) is 8.15. The molecule has 2 saturated heterocycles. The molecule has 1 unspecified atom stereocenters. The molecule has 1 atom stereocenters. The van der Waals surface area contributed by atoms with E-state index in [0.717, 1.165) is 31.6 Å². The molecule has 0 radical (unpaired) electrons. The van der Waals surface area contributed by atoms with Crippen LogP contribution in [0.5, 0.6) is 0 Å². The molecule has 3 heterocycles. The lowest BCUT2D eigenvalue weighted by atomic mass is 9.99. The number of anilines is 1. The summed E-state index contributed by atoms with van der Waals surface area (Å²) in [5.74, 6) is 1.06. The summed E-state index contributed by atoms with van der Waals surface area (Å²) in [6, 6.07) is 3.45. The topological polar surface area (TPSA) is 79.4 Å². The van der Waals surface area contributed by atoms with E-state index in [-0.39, 0.29) is 23.5 Å². The van der Waals surface area contributed by atoms with Crippen molar-refractivity contribution < 1.29 is 13.2 Å². The van der Waals surface area contributed by atoms with E-state index in [0.29, 0.717) is 18.0 Å². The van der Waals surface area contributed by atoms with Gasteiger partial charge in [0.05, 0.1) is 23.4 Å². The minimum atomic E-state index is -2.90. The predicted molar refractivity (Wildman–Crippen MR) is 89.2 cm³/mol. The maximum atomic E-state index is 12.4. The van der Waals surface area contributed by atoms with Gasteiger partial charge in [-0.2, -0.15) is 0 Å². The maximum Gasteiger partial charge on any atom is 0.272 e. The Morgan fingerprint density at radius 1 is 1.26 bits per heavy atom. The number of carbonyl (C=O) groups is 1. The van der Waals surface area contributed by atoms with Gasteiger partial charge in [-0.1, -0.05) is 6.92 Å². The summed E-state index contributed by atoms with van der Waals surface area (Å²) in [7, 11) is -2.90. The molecule has 0 aromatic carbocycles. The molecule has 1 amide bonds. The number of carbonyl (C=O) groups excluding carboxylic acids is 1. The van der Waals surface area contributed by atoms with E-state index in [9.17, 15) is 13.2 Å². The number of nitrogens with zero attached hydrogens (tertiary/aromatic N) is 2. The van der Waals surface area contributed by atoms with Crippen LogP contribution in [0.25, 0.3) is 0 Å². The van der Waals surface area contributed by atoms with Gasteiger partial charge >= 0.3 is 0 Å². The molecule has 0 bridgehead atoms. The second kappa shape index (κ2) is 6.47. The third-order valence-electron chi connectivity index (χ3n) is 4.66. The molecular weight excluding hydrogens is 314 g/mol. The number of piperidine rings is 1. The zero-order valence-electron chi connectivity index (χ0n) is 13.4. The Balaban J connectivity index is 1.60. The van der Waals surface area contributed by atoms with Crippen molar-refractivity contribution >= 4 is 21.4 Å². The van der Waals surface area contributed by atoms with Crippen molar-refractivity contribution in [3.63, 3.8) is 0 Å². The van der Waals surface area contributed by atoms with E-state index in [1.807, 2.05) is 4.90 Å². The Labute approximate surface area is 137 Å². The van der Waals surface area contributed by atoms with E-state index in [2.05, 4.69) is 17.2 Å². The molecule has 6 nitrogen and oxygen atoms in total. The fraction of sp³-hybridized carbons (Fsp3) is 0.625.